The van der Waals surface area contributed by atoms with Gasteiger partial charge in [0.15, 0.2) is 0 Å². The highest BCUT2D eigenvalue weighted by Gasteiger charge is 2.05. The monoisotopic (exact) mass is 256 g/mol. The van der Waals surface area contributed by atoms with Gasteiger partial charge in [-0.15, -0.1) is 0 Å². The van der Waals surface area contributed by atoms with Crippen LogP contribution in [0.4, 0.5) is 5.69 Å². The molecule has 0 atom stereocenters. The summed E-state index contributed by atoms with van der Waals surface area (Å²) in [6.45, 7) is 2.84. The van der Waals surface area contributed by atoms with E-state index in [4.69, 9.17) is 0 Å². The summed E-state index contributed by atoms with van der Waals surface area (Å²) in [5, 5.41) is 3.26. The zero-order chi connectivity index (χ0) is 12.7. The Bertz CT molecular complexity index is 426. The van der Waals surface area contributed by atoms with E-state index in [0.29, 0.717) is 6.42 Å². The number of hydrogen-bond acceptors (Lipinski definition) is 3. The molecular weight excluding hydrogens is 236 g/mol. The van der Waals surface area contributed by atoms with Crippen molar-refractivity contribution in [1.29, 1.82) is 0 Å². The van der Waals surface area contributed by atoms with Crippen LogP contribution in [0.25, 0.3) is 0 Å². The molecule has 1 aromatic carbocycles. The Balaban J connectivity index is 2.19. The van der Waals surface area contributed by atoms with Crippen molar-refractivity contribution in [3.63, 3.8) is 0 Å². The minimum absolute atomic E-state index is 0.194. The maximum Gasteiger partial charge on any atom is 0.211 e. The summed E-state index contributed by atoms with van der Waals surface area (Å²) in [7, 11) is -1.60. The van der Waals surface area contributed by atoms with Crippen LogP contribution < -0.4 is 10.0 Å². The van der Waals surface area contributed by atoms with Gasteiger partial charge in [0.25, 0.3) is 0 Å². The van der Waals surface area contributed by atoms with Crippen LogP contribution in [0.5, 0.6) is 0 Å². The van der Waals surface area contributed by atoms with Crippen molar-refractivity contribution in [2.75, 3.05) is 24.7 Å². The second-order valence-corrected chi connectivity index (χ2v) is 6.07. The van der Waals surface area contributed by atoms with E-state index in [9.17, 15) is 8.42 Å². The molecule has 0 spiro atoms. The van der Waals surface area contributed by atoms with Crippen LogP contribution >= 0.6 is 0 Å². The summed E-state index contributed by atoms with van der Waals surface area (Å²) in [5.41, 5.74) is 2.31. The van der Waals surface area contributed by atoms with E-state index >= 15 is 0 Å². The average Bonchev–Trinajstić information content (AvgIpc) is 2.31. The molecule has 0 bridgehead atoms. The average molecular weight is 256 g/mol. The summed E-state index contributed by atoms with van der Waals surface area (Å²) in [6.07, 6.45) is 1.51. The van der Waals surface area contributed by atoms with Gasteiger partial charge in [0, 0.05) is 12.2 Å². The first-order chi connectivity index (χ1) is 8.03. The number of rotatable bonds is 7. The molecule has 2 N–H and O–H groups in total. The Morgan fingerprint density at radius 1 is 1.12 bits per heavy atom. The van der Waals surface area contributed by atoms with E-state index < -0.39 is 10.0 Å². The molecule has 0 radical (unpaired) electrons. The maximum atomic E-state index is 11.1. The van der Waals surface area contributed by atoms with Crippen LogP contribution in [-0.2, 0) is 10.0 Å². The van der Waals surface area contributed by atoms with Gasteiger partial charge in [-0.1, -0.05) is 17.7 Å². The predicted molar refractivity (Wildman–Crippen MR) is 71.7 cm³/mol. The second kappa shape index (κ2) is 6.61. The van der Waals surface area contributed by atoms with Gasteiger partial charge in [-0.05, 0) is 38.9 Å². The molecule has 1 rings (SSSR count). The molecule has 0 heterocycles. The Morgan fingerprint density at radius 2 is 1.76 bits per heavy atom. The number of unbranched alkanes of at least 4 members (excludes halogenated alkanes) is 1. The topological polar surface area (TPSA) is 58.2 Å². The number of hydrogen-bond donors (Lipinski definition) is 2. The lowest BCUT2D eigenvalue weighted by Gasteiger charge is -2.06. The van der Waals surface area contributed by atoms with Crippen LogP contribution in [0.3, 0.4) is 0 Å². The molecule has 96 valence electrons. The minimum Gasteiger partial charge on any atom is -0.385 e. The van der Waals surface area contributed by atoms with E-state index in [2.05, 4.69) is 10.0 Å². The van der Waals surface area contributed by atoms with Crippen LogP contribution in [0.15, 0.2) is 24.3 Å². The van der Waals surface area contributed by atoms with Gasteiger partial charge in [0.05, 0.1) is 5.75 Å². The second-order valence-electron chi connectivity index (χ2n) is 4.02. The maximum absolute atomic E-state index is 11.1. The third-order valence-electron chi connectivity index (χ3n) is 2.53. The molecule has 0 unspecified atom stereocenters. The lowest BCUT2D eigenvalue weighted by Crippen LogP contribution is -2.22. The highest BCUT2D eigenvalue weighted by Crippen LogP contribution is 2.08. The lowest BCUT2D eigenvalue weighted by atomic mass is 10.2. The molecule has 4 nitrogen and oxygen atoms in total. The van der Waals surface area contributed by atoms with Gasteiger partial charge < -0.3 is 5.32 Å². The van der Waals surface area contributed by atoms with Crippen molar-refractivity contribution in [1.82, 2.24) is 4.72 Å². The molecule has 0 fully saturated rings. The fraction of sp³-hybridized carbons (Fsp3) is 0.500. The molecule has 0 aromatic heterocycles. The fourth-order valence-corrected chi connectivity index (χ4v) is 2.21. The van der Waals surface area contributed by atoms with E-state index in [1.54, 1.807) is 0 Å². The van der Waals surface area contributed by atoms with Crippen molar-refractivity contribution in [3.05, 3.63) is 29.8 Å². The lowest BCUT2D eigenvalue weighted by molar-refractivity contribution is 0.584. The summed E-state index contributed by atoms with van der Waals surface area (Å²) >= 11 is 0. The van der Waals surface area contributed by atoms with Gasteiger partial charge in [0.1, 0.15) is 0 Å². The van der Waals surface area contributed by atoms with Crippen LogP contribution in [-0.4, -0.2) is 27.8 Å². The van der Waals surface area contributed by atoms with E-state index in [1.165, 1.54) is 12.6 Å². The number of benzene rings is 1. The molecule has 0 aliphatic carbocycles. The highest BCUT2D eigenvalue weighted by molar-refractivity contribution is 7.89. The summed E-state index contributed by atoms with van der Waals surface area (Å²) < 4.78 is 24.6. The number of anilines is 1. The fourth-order valence-electron chi connectivity index (χ4n) is 1.42. The summed E-state index contributed by atoms with van der Waals surface area (Å²) in [5.74, 6) is 0.194. The van der Waals surface area contributed by atoms with Crippen LogP contribution in [0.1, 0.15) is 18.4 Å². The number of aryl methyl sites for hydroxylation is 1. The Morgan fingerprint density at radius 3 is 2.35 bits per heavy atom. The van der Waals surface area contributed by atoms with E-state index in [-0.39, 0.29) is 5.75 Å². The van der Waals surface area contributed by atoms with Crippen molar-refractivity contribution in [2.24, 2.45) is 0 Å². The van der Waals surface area contributed by atoms with Gasteiger partial charge >= 0.3 is 0 Å². The first-order valence-electron chi connectivity index (χ1n) is 5.75. The Labute approximate surface area is 103 Å². The Hall–Kier alpha value is -1.07. The highest BCUT2D eigenvalue weighted by atomic mass is 32.2. The van der Waals surface area contributed by atoms with Gasteiger partial charge in [0.2, 0.25) is 10.0 Å². The largest absolute Gasteiger partial charge is 0.385 e. The number of sulfonamides is 1. The van der Waals surface area contributed by atoms with E-state index in [1.807, 2.05) is 31.2 Å². The minimum atomic E-state index is -3.05. The molecule has 0 amide bonds. The molecule has 0 saturated carbocycles. The van der Waals surface area contributed by atoms with Gasteiger partial charge in [-0.25, -0.2) is 13.1 Å². The van der Waals surface area contributed by atoms with Gasteiger partial charge in [-0.2, -0.15) is 0 Å². The van der Waals surface area contributed by atoms with Crippen LogP contribution in [0.2, 0.25) is 0 Å². The zero-order valence-corrected chi connectivity index (χ0v) is 11.2. The van der Waals surface area contributed by atoms with Crippen molar-refractivity contribution >= 4 is 15.7 Å². The number of nitrogens with one attached hydrogen (secondary N) is 2. The van der Waals surface area contributed by atoms with Crippen LogP contribution in [0, 0.1) is 6.92 Å². The molecule has 1 aromatic rings. The van der Waals surface area contributed by atoms with Crippen molar-refractivity contribution < 1.29 is 8.42 Å². The van der Waals surface area contributed by atoms with Gasteiger partial charge in [-0.3, -0.25) is 0 Å². The smallest absolute Gasteiger partial charge is 0.211 e. The quantitative estimate of drug-likeness (QED) is 0.731. The Kier molecular flexibility index (Phi) is 5.44. The third kappa shape index (κ3) is 5.70. The zero-order valence-electron chi connectivity index (χ0n) is 10.4. The molecule has 0 aliphatic heterocycles. The SMILES string of the molecule is CNS(=O)(=O)CCCCNc1ccc(C)cc1. The molecule has 17 heavy (non-hydrogen) atoms. The predicted octanol–water partition coefficient (Wildman–Crippen LogP) is 1.74. The summed E-state index contributed by atoms with van der Waals surface area (Å²) in [4.78, 5) is 0. The molecule has 5 heteroatoms. The molecule has 0 saturated heterocycles. The molecule has 0 aliphatic rings. The van der Waals surface area contributed by atoms with E-state index in [0.717, 1.165) is 18.7 Å². The first-order valence-corrected chi connectivity index (χ1v) is 7.40. The first kappa shape index (κ1) is 14.0. The standard InChI is InChI=1S/C12H20N2O2S/c1-11-5-7-12(8-6-11)14-9-3-4-10-17(15,16)13-2/h5-8,13-14H,3-4,9-10H2,1-2H3. The third-order valence-corrected chi connectivity index (χ3v) is 3.98. The molecular formula is C12H20N2O2S. The van der Waals surface area contributed by atoms with Crippen molar-refractivity contribution in [2.45, 2.75) is 19.8 Å². The summed E-state index contributed by atoms with van der Waals surface area (Å²) in [6, 6.07) is 8.15. The normalized spacial score (nSPS) is 11.4. The van der Waals surface area contributed by atoms with Crippen molar-refractivity contribution in [3.8, 4) is 0 Å².